The topological polar surface area (TPSA) is 56.3 Å². The Morgan fingerprint density at radius 3 is 2.88 bits per heavy atom. The summed E-state index contributed by atoms with van der Waals surface area (Å²) in [4.78, 5) is 2.41. The van der Waals surface area contributed by atoms with Crippen LogP contribution in [0.1, 0.15) is 25.6 Å². The SMILES string of the molecule is CC(N)C1CN(C(C)c2ccnn2C)CCO1. The Labute approximate surface area is 103 Å². The van der Waals surface area contributed by atoms with Gasteiger partial charge in [0.1, 0.15) is 0 Å². The fraction of sp³-hybridized carbons (Fsp3) is 0.750. The Hall–Kier alpha value is -0.910. The summed E-state index contributed by atoms with van der Waals surface area (Å²) >= 11 is 0. The third kappa shape index (κ3) is 2.68. The van der Waals surface area contributed by atoms with Gasteiger partial charge in [-0.3, -0.25) is 9.58 Å². The van der Waals surface area contributed by atoms with Crippen molar-refractivity contribution in [3.05, 3.63) is 18.0 Å². The largest absolute Gasteiger partial charge is 0.374 e. The molecule has 1 fully saturated rings. The second kappa shape index (κ2) is 5.16. The summed E-state index contributed by atoms with van der Waals surface area (Å²) in [5.74, 6) is 0. The molecule has 0 spiro atoms. The van der Waals surface area contributed by atoms with Gasteiger partial charge in [0.2, 0.25) is 0 Å². The number of rotatable bonds is 3. The summed E-state index contributed by atoms with van der Waals surface area (Å²) in [6.45, 7) is 6.82. The van der Waals surface area contributed by atoms with Crippen molar-refractivity contribution in [2.45, 2.75) is 32.0 Å². The highest BCUT2D eigenvalue weighted by Crippen LogP contribution is 2.22. The van der Waals surface area contributed by atoms with Gasteiger partial charge in [-0.1, -0.05) is 0 Å². The molecule has 0 aliphatic carbocycles. The molecule has 1 saturated heterocycles. The number of nitrogens with zero attached hydrogens (tertiary/aromatic N) is 3. The summed E-state index contributed by atoms with van der Waals surface area (Å²) in [5, 5.41) is 4.22. The molecular weight excluding hydrogens is 216 g/mol. The first kappa shape index (κ1) is 12.5. The summed E-state index contributed by atoms with van der Waals surface area (Å²) in [6, 6.07) is 2.50. The highest BCUT2D eigenvalue weighted by atomic mass is 16.5. The Kier molecular flexibility index (Phi) is 3.81. The maximum atomic E-state index is 5.91. The van der Waals surface area contributed by atoms with E-state index in [9.17, 15) is 0 Å². The van der Waals surface area contributed by atoms with Crippen LogP contribution in [0.4, 0.5) is 0 Å². The van der Waals surface area contributed by atoms with Crippen LogP contribution in [-0.2, 0) is 11.8 Å². The Balaban J connectivity index is 2.05. The lowest BCUT2D eigenvalue weighted by Crippen LogP contribution is -2.50. The van der Waals surface area contributed by atoms with Gasteiger partial charge >= 0.3 is 0 Å². The lowest BCUT2D eigenvalue weighted by molar-refractivity contribution is -0.0507. The summed E-state index contributed by atoms with van der Waals surface area (Å²) in [7, 11) is 1.98. The molecule has 17 heavy (non-hydrogen) atoms. The first-order chi connectivity index (χ1) is 8.09. The molecule has 1 aromatic heterocycles. The van der Waals surface area contributed by atoms with Crippen LogP contribution < -0.4 is 5.73 Å². The van der Waals surface area contributed by atoms with Gasteiger partial charge in [0, 0.05) is 38.4 Å². The first-order valence-electron chi connectivity index (χ1n) is 6.18. The molecule has 0 aromatic carbocycles. The highest BCUT2D eigenvalue weighted by Gasteiger charge is 2.27. The molecule has 2 N–H and O–H groups in total. The van der Waals surface area contributed by atoms with E-state index in [0.29, 0.717) is 6.04 Å². The Morgan fingerprint density at radius 1 is 1.53 bits per heavy atom. The molecule has 96 valence electrons. The lowest BCUT2D eigenvalue weighted by atomic mass is 10.1. The number of aryl methyl sites for hydroxylation is 1. The van der Waals surface area contributed by atoms with Crippen LogP contribution in [0.3, 0.4) is 0 Å². The van der Waals surface area contributed by atoms with Crippen molar-refractivity contribution in [1.29, 1.82) is 0 Å². The van der Waals surface area contributed by atoms with E-state index < -0.39 is 0 Å². The molecule has 0 saturated carbocycles. The zero-order chi connectivity index (χ0) is 12.4. The van der Waals surface area contributed by atoms with Crippen molar-refractivity contribution in [3.8, 4) is 0 Å². The van der Waals surface area contributed by atoms with Gasteiger partial charge in [0.05, 0.1) is 18.4 Å². The highest BCUT2D eigenvalue weighted by molar-refractivity contribution is 5.06. The normalized spacial score (nSPS) is 25.8. The third-order valence-corrected chi connectivity index (χ3v) is 3.55. The minimum atomic E-state index is 0.0801. The average Bonchev–Trinajstić information content (AvgIpc) is 2.74. The third-order valence-electron chi connectivity index (χ3n) is 3.55. The van der Waals surface area contributed by atoms with Gasteiger partial charge in [-0.2, -0.15) is 5.10 Å². The second-order valence-electron chi connectivity index (χ2n) is 4.82. The van der Waals surface area contributed by atoms with E-state index >= 15 is 0 Å². The molecule has 5 heteroatoms. The predicted octanol–water partition coefficient (Wildman–Crippen LogP) is 0.529. The Morgan fingerprint density at radius 2 is 2.29 bits per heavy atom. The first-order valence-corrected chi connectivity index (χ1v) is 6.18. The van der Waals surface area contributed by atoms with Gasteiger partial charge in [0.15, 0.2) is 0 Å². The quantitative estimate of drug-likeness (QED) is 0.834. The molecule has 0 radical (unpaired) electrons. The molecule has 0 amide bonds. The zero-order valence-corrected chi connectivity index (χ0v) is 10.8. The number of morpholine rings is 1. The summed E-state index contributed by atoms with van der Waals surface area (Å²) < 4.78 is 7.61. The van der Waals surface area contributed by atoms with Crippen LogP contribution in [0.15, 0.2) is 12.3 Å². The van der Waals surface area contributed by atoms with E-state index in [1.807, 2.05) is 24.9 Å². The average molecular weight is 238 g/mol. The van der Waals surface area contributed by atoms with Crippen LogP contribution in [0.25, 0.3) is 0 Å². The van der Waals surface area contributed by atoms with E-state index in [1.165, 1.54) is 5.69 Å². The molecule has 3 atom stereocenters. The fourth-order valence-electron chi connectivity index (χ4n) is 2.35. The van der Waals surface area contributed by atoms with Gasteiger partial charge < -0.3 is 10.5 Å². The number of nitrogens with two attached hydrogens (primary N) is 1. The minimum Gasteiger partial charge on any atom is -0.374 e. The second-order valence-corrected chi connectivity index (χ2v) is 4.82. The van der Waals surface area contributed by atoms with Crippen molar-refractivity contribution >= 4 is 0 Å². The predicted molar refractivity (Wildman–Crippen MR) is 66.6 cm³/mol. The van der Waals surface area contributed by atoms with E-state index in [4.69, 9.17) is 10.5 Å². The number of hydrogen-bond donors (Lipinski definition) is 1. The molecule has 2 heterocycles. The monoisotopic (exact) mass is 238 g/mol. The summed E-state index contributed by atoms with van der Waals surface area (Å²) in [5.41, 5.74) is 7.14. The zero-order valence-electron chi connectivity index (χ0n) is 10.8. The van der Waals surface area contributed by atoms with Crippen molar-refractivity contribution in [1.82, 2.24) is 14.7 Å². The maximum Gasteiger partial charge on any atom is 0.0850 e. The van der Waals surface area contributed by atoms with E-state index in [2.05, 4.69) is 23.0 Å². The van der Waals surface area contributed by atoms with Crippen molar-refractivity contribution in [3.63, 3.8) is 0 Å². The van der Waals surface area contributed by atoms with Crippen LogP contribution in [0.5, 0.6) is 0 Å². The van der Waals surface area contributed by atoms with Crippen molar-refractivity contribution < 1.29 is 4.74 Å². The van der Waals surface area contributed by atoms with Crippen molar-refractivity contribution in [2.75, 3.05) is 19.7 Å². The van der Waals surface area contributed by atoms with E-state index in [1.54, 1.807) is 0 Å². The van der Waals surface area contributed by atoms with Gasteiger partial charge in [-0.05, 0) is 19.9 Å². The Bertz CT molecular complexity index is 363. The van der Waals surface area contributed by atoms with E-state index in [0.717, 1.165) is 19.7 Å². The summed E-state index contributed by atoms with van der Waals surface area (Å²) in [6.07, 6.45) is 1.98. The number of hydrogen-bond acceptors (Lipinski definition) is 4. The lowest BCUT2D eigenvalue weighted by Gasteiger charge is -2.38. The van der Waals surface area contributed by atoms with Gasteiger partial charge in [-0.25, -0.2) is 0 Å². The molecule has 1 aliphatic heterocycles. The van der Waals surface area contributed by atoms with Gasteiger partial charge in [0.25, 0.3) is 0 Å². The van der Waals surface area contributed by atoms with Crippen LogP contribution in [0, 0.1) is 0 Å². The number of ether oxygens (including phenoxy) is 1. The molecule has 5 nitrogen and oxygen atoms in total. The minimum absolute atomic E-state index is 0.0801. The molecule has 2 rings (SSSR count). The molecule has 1 aromatic rings. The van der Waals surface area contributed by atoms with E-state index in [-0.39, 0.29) is 12.1 Å². The molecule has 1 aliphatic rings. The standard InChI is InChI=1S/C12H22N4O/c1-9(13)12-8-16(6-7-17-12)10(2)11-4-5-14-15(11)3/h4-5,9-10,12H,6-8,13H2,1-3H3. The molecular formula is C12H22N4O. The van der Waals surface area contributed by atoms with Crippen molar-refractivity contribution in [2.24, 2.45) is 12.8 Å². The molecule has 3 unspecified atom stereocenters. The van der Waals surface area contributed by atoms with Crippen LogP contribution in [0.2, 0.25) is 0 Å². The maximum absolute atomic E-state index is 5.91. The fourth-order valence-corrected chi connectivity index (χ4v) is 2.35. The smallest absolute Gasteiger partial charge is 0.0850 e. The van der Waals surface area contributed by atoms with Crippen LogP contribution in [-0.4, -0.2) is 46.5 Å². The number of aromatic nitrogens is 2. The van der Waals surface area contributed by atoms with Crippen LogP contribution >= 0.6 is 0 Å². The van der Waals surface area contributed by atoms with Gasteiger partial charge in [-0.15, -0.1) is 0 Å². The molecule has 0 bridgehead atoms.